The molecule has 1 fully saturated rings. The van der Waals surface area contributed by atoms with Crippen molar-refractivity contribution >= 4 is 58.5 Å². The maximum atomic E-state index is 13.0. The number of rotatable bonds is 5. The van der Waals surface area contributed by atoms with Crippen molar-refractivity contribution in [3.05, 3.63) is 84.2 Å². The van der Waals surface area contributed by atoms with Crippen molar-refractivity contribution in [2.75, 3.05) is 31.5 Å². The van der Waals surface area contributed by atoms with Crippen LogP contribution in [-0.2, 0) is 6.54 Å². The minimum absolute atomic E-state index is 0. The summed E-state index contributed by atoms with van der Waals surface area (Å²) in [6, 6.07) is 21.1. The van der Waals surface area contributed by atoms with Crippen molar-refractivity contribution in [1.82, 2.24) is 25.2 Å². The Labute approximate surface area is 226 Å². The zero-order chi connectivity index (χ0) is 23.6. The Hall–Kier alpha value is -3.56. The van der Waals surface area contributed by atoms with E-state index < -0.39 is 0 Å². The third-order valence-corrected chi connectivity index (χ3v) is 6.16. The van der Waals surface area contributed by atoms with Gasteiger partial charge < -0.3 is 15.1 Å². The number of carbonyl (C=O) groups excluding carboxylic acids is 1. The minimum atomic E-state index is -0.342. The molecule has 0 saturated carbocycles. The molecular weight excluding hydrogens is 511 g/mol. The highest BCUT2D eigenvalue weighted by Gasteiger charge is 2.17. The Balaban J connectivity index is 0.00000160. The topological polar surface area (TPSA) is 96.2 Å². The number of hydrogen-bond donors (Lipinski definition) is 2. The molecule has 1 amide bonds. The van der Waals surface area contributed by atoms with Gasteiger partial charge in [-0.25, -0.2) is 9.97 Å². The van der Waals surface area contributed by atoms with Crippen LogP contribution in [0.25, 0.3) is 33.6 Å². The molecule has 0 aliphatic carbocycles. The first-order valence-electron chi connectivity index (χ1n) is 11.7. The van der Waals surface area contributed by atoms with Gasteiger partial charge in [-0.1, -0.05) is 30.3 Å². The van der Waals surface area contributed by atoms with Crippen molar-refractivity contribution in [1.29, 1.82) is 0 Å². The molecule has 1 aliphatic rings. The number of anilines is 1. The summed E-state index contributed by atoms with van der Waals surface area (Å²) in [6.07, 6.45) is 1.49. The summed E-state index contributed by atoms with van der Waals surface area (Å²) in [5.41, 5.74) is 5.66. The van der Waals surface area contributed by atoms with Gasteiger partial charge in [-0.3, -0.25) is 14.7 Å². The summed E-state index contributed by atoms with van der Waals surface area (Å²) in [6.45, 7) is 4.99. The SMILES string of the molecule is Cl.Cl.O=C(Nc1ccccc1-c1nc2ccc(CN3CCNCC3)cc2o1)c1cnc2ccccc2n1. The van der Waals surface area contributed by atoms with Gasteiger partial charge in [0.15, 0.2) is 5.58 Å². The highest BCUT2D eigenvalue weighted by atomic mass is 35.5. The average molecular weight is 537 g/mol. The van der Waals surface area contributed by atoms with Crippen molar-refractivity contribution in [3.63, 3.8) is 0 Å². The fourth-order valence-corrected chi connectivity index (χ4v) is 4.34. The number of piperazine rings is 1. The Morgan fingerprint density at radius 3 is 2.51 bits per heavy atom. The lowest BCUT2D eigenvalue weighted by Crippen LogP contribution is -2.42. The van der Waals surface area contributed by atoms with Crippen LogP contribution < -0.4 is 10.6 Å². The standard InChI is InChI=1S/C27H24N6O2.2ClH/c34-26(24-16-29-21-7-3-4-8-22(21)30-24)31-20-6-2-1-5-19(20)27-32-23-10-9-18(15-25(23)35-27)17-33-13-11-28-12-14-33;;/h1-10,15-16,28H,11-14,17H2,(H,31,34);2*1H. The van der Waals surface area contributed by atoms with Gasteiger partial charge in [0.1, 0.15) is 11.2 Å². The van der Waals surface area contributed by atoms with Crippen LogP contribution in [0, 0.1) is 0 Å². The number of nitrogens with one attached hydrogen (secondary N) is 2. The maximum absolute atomic E-state index is 13.0. The smallest absolute Gasteiger partial charge is 0.275 e. The first-order valence-corrected chi connectivity index (χ1v) is 11.7. The maximum Gasteiger partial charge on any atom is 0.275 e. The van der Waals surface area contributed by atoms with Crippen molar-refractivity contribution in [3.8, 4) is 11.5 Å². The number of carbonyl (C=O) groups is 1. The number of fused-ring (bicyclic) bond motifs is 2. The number of hydrogen-bond acceptors (Lipinski definition) is 7. The van der Waals surface area contributed by atoms with Crippen LogP contribution in [0.15, 0.2) is 77.3 Å². The van der Waals surface area contributed by atoms with E-state index in [4.69, 9.17) is 4.42 Å². The lowest BCUT2D eigenvalue weighted by atomic mass is 10.1. The lowest BCUT2D eigenvalue weighted by Gasteiger charge is -2.27. The number of oxazole rings is 1. The van der Waals surface area contributed by atoms with Crippen LogP contribution in [0.3, 0.4) is 0 Å². The zero-order valence-corrected chi connectivity index (χ0v) is 21.5. The average Bonchev–Trinajstić information content (AvgIpc) is 3.32. The summed E-state index contributed by atoms with van der Waals surface area (Å²) in [5.74, 6) is 0.116. The van der Waals surface area contributed by atoms with Gasteiger partial charge in [0.2, 0.25) is 5.89 Å². The fraction of sp³-hybridized carbons (Fsp3) is 0.185. The van der Waals surface area contributed by atoms with Crippen molar-refractivity contribution < 1.29 is 9.21 Å². The molecule has 0 bridgehead atoms. The molecule has 0 atom stereocenters. The van der Waals surface area contributed by atoms with Gasteiger partial charge in [-0.05, 0) is 42.0 Å². The second kappa shape index (κ2) is 11.7. The molecule has 3 heterocycles. The number of nitrogens with zero attached hydrogens (tertiary/aromatic N) is 4. The van der Waals surface area contributed by atoms with Crippen LogP contribution in [0.2, 0.25) is 0 Å². The molecule has 10 heteroatoms. The molecule has 190 valence electrons. The van der Waals surface area contributed by atoms with Gasteiger partial charge in [0, 0.05) is 32.7 Å². The molecule has 0 radical (unpaired) electrons. The Morgan fingerprint density at radius 2 is 1.68 bits per heavy atom. The second-order valence-corrected chi connectivity index (χ2v) is 8.59. The normalized spacial score (nSPS) is 13.6. The summed E-state index contributed by atoms with van der Waals surface area (Å²) < 4.78 is 6.15. The number of halogens is 2. The first kappa shape index (κ1) is 26.5. The molecule has 37 heavy (non-hydrogen) atoms. The van der Waals surface area contributed by atoms with Crippen molar-refractivity contribution in [2.45, 2.75) is 6.54 Å². The second-order valence-electron chi connectivity index (χ2n) is 8.59. The Kier molecular flexibility index (Phi) is 8.35. The number of para-hydroxylation sites is 3. The van der Waals surface area contributed by atoms with Gasteiger partial charge in [0.05, 0.1) is 28.5 Å². The summed E-state index contributed by atoms with van der Waals surface area (Å²) >= 11 is 0. The Bertz CT molecular complexity index is 1530. The highest BCUT2D eigenvalue weighted by Crippen LogP contribution is 2.31. The van der Waals surface area contributed by atoms with Crippen LogP contribution in [0.5, 0.6) is 0 Å². The van der Waals surface area contributed by atoms with E-state index in [2.05, 4.69) is 42.6 Å². The third-order valence-electron chi connectivity index (χ3n) is 6.16. The third kappa shape index (κ3) is 5.73. The monoisotopic (exact) mass is 536 g/mol. The van der Waals surface area contributed by atoms with Gasteiger partial charge in [-0.2, -0.15) is 0 Å². The molecule has 6 rings (SSSR count). The van der Waals surface area contributed by atoms with E-state index in [-0.39, 0.29) is 36.4 Å². The molecule has 0 unspecified atom stereocenters. The van der Waals surface area contributed by atoms with Crippen LogP contribution in [-0.4, -0.2) is 51.9 Å². The quantitative estimate of drug-likeness (QED) is 0.328. The number of aromatic nitrogens is 3. The Morgan fingerprint density at radius 1 is 0.919 bits per heavy atom. The van der Waals surface area contributed by atoms with E-state index in [1.54, 1.807) is 0 Å². The largest absolute Gasteiger partial charge is 0.436 e. The summed E-state index contributed by atoms with van der Waals surface area (Å²) in [7, 11) is 0. The van der Waals surface area contributed by atoms with E-state index in [9.17, 15) is 4.79 Å². The number of amides is 1. The van der Waals surface area contributed by atoms with E-state index in [1.807, 2.05) is 54.6 Å². The molecule has 0 spiro atoms. The predicted octanol–water partition coefficient (Wildman–Crippen LogP) is 4.94. The fourth-order valence-electron chi connectivity index (χ4n) is 4.34. The summed E-state index contributed by atoms with van der Waals surface area (Å²) in [5, 5.41) is 6.33. The molecule has 5 aromatic rings. The number of benzene rings is 3. The van der Waals surface area contributed by atoms with Gasteiger partial charge >= 0.3 is 0 Å². The highest BCUT2D eigenvalue weighted by molar-refractivity contribution is 6.05. The first-order chi connectivity index (χ1) is 17.2. The van der Waals surface area contributed by atoms with Gasteiger partial charge in [-0.15, -0.1) is 24.8 Å². The van der Waals surface area contributed by atoms with Crippen molar-refractivity contribution in [2.24, 2.45) is 0 Å². The van der Waals surface area contributed by atoms with E-state index in [0.717, 1.165) is 49.3 Å². The lowest BCUT2D eigenvalue weighted by molar-refractivity contribution is 0.102. The predicted molar refractivity (Wildman–Crippen MR) is 150 cm³/mol. The molecule has 2 N–H and O–H groups in total. The molecule has 1 aliphatic heterocycles. The molecule has 8 nitrogen and oxygen atoms in total. The van der Waals surface area contributed by atoms with Crippen LogP contribution in [0.1, 0.15) is 16.1 Å². The molecular formula is C27H26Cl2N6O2. The van der Waals surface area contributed by atoms with E-state index in [0.29, 0.717) is 22.7 Å². The zero-order valence-electron chi connectivity index (χ0n) is 19.9. The van der Waals surface area contributed by atoms with Crippen LogP contribution in [0.4, 0.5) is 5.69 Å². The molecule has 3 aromatic carbocycles. The van der Waals surface area contributed by atoms with Gasteiger partial charge in [0.25, 0.3) is 5.91 Å². The minimum Gasteiger partial charge on any atom is -0.436 e. The molecule has 2 aromatic heterocycles. The molecule has 1 saturated heterocycles. The van der Waals surface area contributed by atoms with E-state index in [1.165, 1.54) is 11.8 Å². The summed E-state index contributed by atoms with van der Waals surface area (Å²) in [4.78, 5) is 28.9. The van der Waals surface area contributed by atoms with Crippen LogP contribution >= 0.6 is 24.8 Å². The van der Waals surface area contributed by atoms with E-state index >= 15 is 0 Å².